The Morgan fingerprint density at radius 3 is 2.87 bits per heavy atom. The minimum absolute atomic E-state index is 0.0397. The van der Waals surface area contributed by atoms with Crippen molar-refractivity contribution >= 4 is 27.3 Å². The van der Waals surface area contributed by atoms with Crippen molar-refractivity contribution in [1.29, 1.82) is 0 Å². The average Bonchev–Trinajstić information content (AvgIpc) is 2.56. The van der Waals surface area contributed by atoms with Gasteiger partial charge in [-0.05, 0) is 19.1 Å². The summed E-state index contributed by atoms with van der Waals surface area (Å²) in [5.74, 6) is 0.0726. The lowest BCUT2D eigenvalue weighted by molar-refractivity contribution is -0.120. The van der Waals surface area contributed by atoms with Gasteiger partial charge in [0.05, 0.1) is 31.8 Å². The van der Waals surface area contributed by atoms with Gasteiger partial charge in [-0.2, -0.15) is 0 Å². The molecule has 0 aromatic heterocycles. The van der Waals surface area contributed by atoms with Crippen LogP contribution in [0.5, 0.6) is 5.75 Å². The van der Waals surface area contributed by atoms with Crippen LogP contribution in [0.1, 0.15) is 6.92 Å². The molecule has 1 heterocycles. The summed E-state index contributed by atoms with van der Waals surface area (Å²) >= 11 is 0. The van der Waals surface area contributed by atoms with Crippen LogP contribution in [0.15, 0.2) is 18.2 Å². The Labute approximate surface area is 135 Å². The van der Waals surface area contributed by atoms with Gasteiger partial charge in [-0.25, -0.2) is 8.42 Å². The molecule has 0 bridgehead atoms. The Morgan fingerprint density at radius 2 is 2.26 bits per heavy atom. The van der Waals surface area contributed by atoms with E-state index in [9.17, 15) is 13.2 Å². The molecule has 0 aliphatic carbocycles. The number of amides is 1. The van der Waals surface area contributed by atoms with Gasteiger partial charge in [-0.3, -0.25) is 9.52 Å². The fourth-order valence-corrected chi connectivity index (χ4v) is 2.70. The molecule has 1 saturated heterocycles. The summed E-state index contributed by atoms with van der Waals surface area (Å²) in [7, 11) is -1.97. The molecular weight excluding hydrogens is 322 g/mol. The summed E-state index contributed by atoms with van der Waals surface area (Å²) in [6.07, 6.45) is 0. The number of methoxy groups -OCH3 is 1. The number of nitrogens with one attached hydrogen (secondary N) is 3. The number of rotatable bonds is 6. The topological polar surface area (TPSA) is 106 Å². The SMILES string of the molecule is CCS(=O)(=O)Nc1ccc(NC(=O)C2COCCN2)cc1OC. The van der Waals surface area contributed by atoms with Crippen LogP contribution in [0.4, 0.5) is 11.4 Å². The van der Waals surface area contributed by atoms with Gasteiger partial charge >= 0.3 is 0 Å². The van der Waals surface area contributed by atoms with Crippen molar-refractivity contribution in [3.05, 3.63) is 18.2 Å². The minimum atomic E-state index is -3.40. The van der Waals surface area contributed by atoms with Crippen LogP contribution in [0.3, 0.4) is 0 Å². The van der Waals surface area contributed by atoms with Gasteiger partial charge in [0.25, 0.3) is 0 Å². The molecule has 1 aliphatic rings. The molecule has 3 N–H and O–H groups in total. The maximum absolute atomic E-state index is 12.1. The molecule has 128 valence electrons. The van der Waals surface area contributed by atoms with Gasteiger partial charge < -0.3 is 20.1 Å². The number of hydrogen-bond donors (Lipinski definition) is 3. The van der Waals surface area contributed by atoms with Crippen LogP contribution >= 0.6 is 0 Å². The smallest absolute Gasteiger partial charge is 0.243 e. The standard InChI is InChI=1S/C14H21N3O5S/c1-3-23(19,20)17-11-5-4-10(8-13(11)21-2)16-14(18)12-9-22-7-6-15-12/h4-5,8,12,15,17H,3,6-7,9H2,1-2H3,(H,16,18). The molecule has 0 spiro atoms. The van der Waals surface area contributed by atoms with Gasteiger partial charge in [0.1, 0.15) is 11.8 Å². The summed E-state index contributed by atoms with van der Waals surface area (Å²) in [5, 5.41) is 5.81. The molecule has 1 fully saturated rings. The lowest BCUT2D eigenvalue weighted by Gasteiger charge is -2.23. The zero-order chi connectivity index (χ0) is 16.9. The van der Waals surface area contributed by atoms with Crippen LogP contribution in [0.2, 0.25) is 0 Å². The zero-order valence-corrected chi connectivity index (χ0v) is 13.9. The minimum Gasteiger partial charge on any atom is -0.494 e. The fourth-order valence-electron chi connectivity index (χ4n) is 2.06. The second-order valence-corrected chi connectivity index (χ2v) is 7.00. The van der Waals surface area contributed by atoms with Crippen molar-refractivity contribution in [2.24, 2.45) is 0 Å². The van der Waals surface area contributed by atoms with E-state index in [-0.39, 0.29) is 11.7 Å². The van der Waals surface area contributed by atoms with Crippen LogP contribution < -0.4 is 20.1 Å². The number of ether oxygens (including phenoxy) is 2. The van der Waals surface area contributed by atoms with Crippen LogP contribution in [0, 0.1) is 0 Å². The Bertz CT molecular complexity index is 656. The third-order valence-electron chi connectivity index (χ3n) is 3.35. The molecule has 9 heteroatoms. The molecule has 1 aliphatic heterocycles. The van der Waals surface area contributed by atoms with Crippen molar-refractivity contribution < 1.29 is 22.7 Å². The van der Waals surface area contributed by atoms with Crippen LogP contribution in [-0.2, 0) is 19.6 Å². The van der Waals surface area contributed by atoms with Crippen molar-refractivity contribution in [3.8, 4) is 5.75 Å². The normalized spacial score (nSPS) is 18.3. The largest absolute Gasteiger partial charge is 0.494 e. The molecule has 1 unspecified atom stereocenters. The predicted molar refractivity (Wildman–Crippen MR) is 87.3 cm³/mol. The number of carbonyl (C=O) groups excluding carboxylic acids is 1. The third-order valence-corrected chi connectivity index (χ3v) is 4.64. The van der Waals surface area contributed by atoms with E-state index in [0.29, 0.717) is 36.9 Å². The number of carbonyl (C=O) groups is 1. The van der Waals surface area contributed by atoms with Crippen molar-refractivity contribution in [2.75, 3.05) is 42.7 Å². The number of anilines is 2. The van der Waals surface area contributed by atoms with Gasteiger partial charge in [-0.15, -0.1) is 0 Å². The molecule has 1 aromatic rings. The zero-order valence-electron chi connectivity index (χ0n) is 13.1. The number of sulfonamides is 1. The van der Waals surface area contributed by atoms with E-state index < -0.39 is 16.1 Å². The first-order valence-corrected chi connectivity index (χ1v) is 8.91. The molecular formula is C14H21N3O5S. The van der Waals surface area contributed by atoms with Crippen molar-refractivity contribution in [1.82, 2.24) is 5.32 Å². The highest BCUT2D eigenvalue weighted by Crippen LogP contribution is 2.29. The molecule has 0 saturated carbocycles. The summed E-state index contributed by atoms with van der Waals surface area (Å²) in [6.45, 7) is 3.07. The van der Waals surface area contributed by atoms with E-state index in [1.807, 2.05) is 0 Å². The maximum Gasteiger partial charge on any atom is 0.243 e. The van der Waals surface area contributed by atoms with Gasteiger partial charge in [-0.1, -0.05) is 0 Å². The van der Waals surface area contributed by atoms with Crippen molar-refractivity contribution in [2.45, 2.75) is 13.0 Å². The molecule has 2 rings (SSSR count). The van der Waals surface area contributed by atoms with Gasteiger partial charge in [0, 0.05) is 18.3 Å². The Hall–Kier alpha value is -1.84. The van der Waals surface area contributed by atoms with Crippen molar-refractivity contribution in [3.63, 3.8) is 0 Å². The lowest BCUT2D eigenvalue weighted by atomic mass is 10.2. The first-order valence-electron chi connectivity index (χ1n) is 7.25. The van der Waals surface area contributed by atoms with E-state index in [1.165, 1.54) is 7.11 Å². The highest BCUT2D eigenvalue weighted by Gasteiger charge is 2.21. The number of benzene rings is 1. The Kier molecular flexibility index (Phi) is 5.80. The quantitative estimate of drug-likeness (QED) is 0.690. The van der Waals surface area contributed by atoms with E-state index in [2.05, 4.69) is 15.4 Å². The second kappa shape index (κ2) is 7.62. The first kappa shape index (κ1) is 17.5. The average molecular weight is 343 g/mol. The summed E-state index contributed by atoms with van der Waals surface area (Å²) in [4.78, 5) is 12.1. The molecule has 0 radical (unpaired) electrons. The molecule has 1 amide bonds. The Morgan fingerprint density at radius 1 is 1.48 bits per heavy atom. The van der Waals surface area contributed by atoms with E-state index in [0.717, 1.165) is 0 Å². The van der Waals surface area contributed by atoms with E-state index in [1.54, 1.807) is 25.1 Å². The predicted octanol–water partition coefficient (Wildman–Crippen LogP) is 0.384. The molecule has 1 atom stereocenters. The highest BCUT2D eigenvalue weighted by molar-refractivity contribution is 7.92. The highest BCUT2D eigenvalue weighted by atomic mass is 32.2. The third kappa shape index (κ3) is 4.81. The molecule has 1 aromatic carbocycles. The molecule has 8 nitrogen and oxygen atoms in total. The van der Waals surface area contributed by atoms with Crippen LogP contribution in [0.25, 0.3) is 0 Å². The number of hydrogen-bond acceptors (Lipinski definition) is 6. The molecule has 23 heavy (non-hydrogen) atoms. The number of morpholine rings is 1. The van der Waals surface area contributed by atoms with E-state index >= 15 is 0 Å². The summed E-state index contributed by atoms with van der Waals surface area (Å²) in [5.41, 5.74) is 0.838. The lowest BCUT2D eigenvalue weighted by Crippen LogP contribution is -2.48. The second-order valence-electron chi connectivity index (χ2n) is 4.99. The summed E-state index contributed by atoms with van der Waals surface area (Å²) in [6, 6.07) is 4.31. The van der Waals surface area contributed by atoms with Gasteiger partial charge in [0.2, 0.25) is 15.9 Å². The first-order chi connectivity index (χ1) is 10.9. The maximum atomic E-state index is 12.1. The van der Waals surface area contributed by atoms with Gasteiger partial charge in [0.15, 0.2) is 0 Å². The monoisotopic (exact) mass is 343 g/mol. The summed E-state index contributed by atoms with van der Waals surface area (Å²) < 4.78 is 36.2. The Balaban J connectivity index is 2.10. The van der Waals surface area contributed by atoms with E-state index in [4.69, 9.17) is 9.47 Å². The fraction of sp³-hybridized carbons (Fsp3) is 0.500. The van der Waals surface area contributed by atoms with Crippen LogP contribution in [-0.4, -0.2) is 53.0 Å².